The normalized spacial score (nSPS) is 14.7. The number of benzene rings is 3. The van der Waals surface area contributed by atoms with Gasteiger partial charge in [-0.2, -0.15) is 0 Å². The summed E-state index contributed by atoms with van der Waals surface area (Å²) in [5.74, 6) is 0.702. The molecule has 0 bridgehead atoms. The molecule has 2 atom stereocenters. The van der Waals surface area contributed by atoms with Crippen LogP contribution in [0.3, 0.4) is 0 Å². The van der Waals surface area contributed by atoms with Gasteiger partial charge in [-0.25, -0.2) is 8.42 Å². The van der Waals surface area contributed by atoms with Crippen molar-refractivity contribution >= 4 is 41.3 Å². The van der Waals surface area contributed by atoms with E-state index in [1.165, 1.54) is 21.9 Å². The second-order valence-corrected chi connectivity index (χ2v) is 9.70. The van der Waals surface area contributed by atoms with E-state index < -0.39 is 9.05 Å². The molecule has 2 nitrogen and oxygen atoms in total. The molecule has 0 heterocycles. The summed E-state index contributed by atoms with van der Waals surface area (Å²) in [5.41, 5.74) is 2.51. The fourth-order valence-electron chi connectivity index (χ4n) is 3.85. The average molecular weight is 389 g/mol. The van der Waals surface area contributed by atoms with Crippen LogP contribution in [0.1, 0.15) is 63.5 Å². The van der Waals surface area contributed by atoms with Crippen LogP contribution in [-0.4, -0.2) is 8.42 Å². The van der Waals surface area contributed by atoms with Gasteiger partial charge in [0.05, 0.1) is 4.90 Å². The van der Waals surface area contributed by atoms with Crippen LogP contribution in [0, 0.1) is 0 Å². The van der Waals surface area contributed by atoms with Crippen LogP contribution in [0.25, 0.3) is 21.5 Å². The highest BCUT2D eigenvalue weighted by atomic mass is 35.7. The highest BCUT2D eigenvalue weighted by Gasteiger charge is 2.21. The Kier molecular flexibility index (Phi) is 5.32. The Hall–Kier alpha value is -1.58. The molecule has 0 saturated heterocycles. The molecule has 0 saturated carbocycles. The molecule has 0 spiro atoms. The van der Waals surface area contributed by atoms with Gasteiger partial charge in [0.2, 0.25) is 0 Å². The van der Waals surface area contributed by atoms with E-state index in [4.69, 9.17) is 10.7 Å². The van der Waals surface area contributed by atoms with Crippen molar-refractivity contribution in [3.8, 4) is 0 Å². The van der Waals surface area contributed by atoms with Gasteiger partial charge in [-0.15, -0.1) is 0 Å². The van der Waals surface area contributed by atoms with E-state index in [0.717, 1.165) is 23.6 Å². The van der Waals surface area contributed by atoms with Gasteiger partial charge in [0.15, 0.2) is 0 Å². The topological polar surface area (TPSA) is 34.1 Å². The van der Waals surface area contributed by atoms with Crippen molar-refractivity contribution in [2.24, 2.45) is 0 Å². The van der Waals surface area contributed by atoms with Crippen molar-refractivity contribution in [1.29, 1.82) is 0 Å². The summed E-state index contributed by atoms with van der Waals surface area (Å²) in [5, 5.41) is 4.63. The Morgan fingerprint density at radius 2 is 1.27 bits per heavy atom. The van der Waals surface area contributed by atoms with Crippen molar-refractivity contribution in [2.45, 2.75) is 57.3 Å². The molecule has 0 aliphatic carbocycles. The summed E-state index contributed by atoms with van der Waals surface area (Å²) in [6, 6.07) is 13.8. The van der Waals surface area contributed by atoms with E-state index in [-0.39, 0.29) is 4.90 Å². The molecule has 0 fully saturated rings. The highest BCUT2D eigenvalue weighted by molar-refractivity contribution is 8.13. The molecule has 138 valence electrons. The van der Waals surface area contributed by atoms with Crippen molar-refractivity contribution in [3.63, 3.8) is 0 Å². The zero-order valence-electron chi connectivity index (χ0n) is 15.7. The zero-order valence-corrected chi connectivity index (χ0v) is 17.3. The van der Waals surface area contributed by atoms with E-state index >= 15 is 0 Å². The van der Waals surface area contributed by atoms with Gasteiger partial charge in [-0.05, 0) is 69.5 Å². The molecule has 3 rings (SSSR count). The minimum atomic E-state index is -3.76. The fraction of sp³-hybridized carbons (Fsp3) is 0.364. The molecule has 26 heavy (non-hydrogen) atoms. The highest BCUT2D eigenvalue weighted by Crippen LogP contribution is 2.42. The third-order valence-electron chi connectivity index (χ3n) is 5.57. The summed E-state index contributed by atoms with van der Waals surface area (Å²) in [6.45, 7) is 8.78. The molecule has 4 heteroatoms. The molecule has 0 radical (unpaired) electrons. The molecule has 0 aliphatic heterocycles. The van der Waals surface area contributed by atoms with Gasteiger partial charge in [0.1, 0.15) is 0 Å². The maximum absolute atomic E-state index is 11.9. The van der Waals surface area contributed by atoms with Crippen LogP contribution in [0.5, 0.6) is 0 Å². The third-order valence-corrected chi connectivity index (χ3v) is 6.92. The summed E-state index contributed by atoms with van der Waals surface area (Å²) < 4.78 is 23.9. The standard InChI is InChI=1S/C22H25ClO2S/c1-5-14(3)21-17-9-7-8-10-18(17)22(15(4)6-2)20-13-16(26(23,24)25)11-12-19(20)21/h7-15H,5-6H2,1-4H3. The lowest BCUT2D eigenvalue weighted by molar-refractivity contribution is 0.609. The maximum atomic E-state index is 11.9. The summed E-state index contributed by atoms with van der Waals surface area (Å²) in [4.78, 5) is 0.168. The monoisotopic (exact) mass is 388 g/mol. The molecular weight excluding hydrogens is 364 g/mol. The summed E-state index contributed by atoms with van der Waals surface area (Å²) in [6.07, 6.45) is 2.01. The first-order valence-electron chi connectivity index (χ1n) is 9.22. The Morgan fingerprint density at radius 1 is 0.808 bits per heavy atom. The summed E-state index contributed by atoms with van der Waals surface area (Å²) in [7, 11) is 1.88. The predicted octanol–water partition coefficient (Wildman–Crippen LogP) is 6.95. The number of halogens is 1. The molecule has 2 unspecified atom stereocenters. The summed E-state index contributed by atoms with van der Waals surface area (Å²) >= 11 is 0. The largest absolute Gasteiger partial charge is 0.261 e. The maximum Gasteiger partial charge on any atom is 0.261 e. The van der Waals surface area contributed by atoms with E-state index in [9.17, 15) is 8.42 Å². The van der Waals surface area contributed by atoms with Gasteiger partial charge < -0.3 is 0 Å². The van der Waals surface area contributed by atoms with Crippen LogP contribution in [0.2, 0.25) is 0 Å². The van der Waals surface area contributed by atoms with E-state index in [0.29, 0.717) is 11.8 Å². The number of hydrogen-bond donors (Lipinski definition) is 0. The molecule has 0 aromatic heterocycles. The van der Waals surface area contributed by atoms with Crippen molar-refractivity contribution in [2.75, 3.05) is 0 Å². The third kappa shape index (κ3) is 3.23. The molecular formula is C22H25ClO2S. The lowest BCUT2D eigenvalue weighted by atomic mass is 9.81. The van der Waals surface area contributed by atoms with Gasteiger partial charge in [-0.3, -0.25) is 0 Å². The van der Waals surface area contributed by atoms with Gasteiger partial charge in [0.25, 0.3) is 9.05 Å². The average Bonchev–Trinajstić information content (AvgIpc) is 2.63. The Balaban J connectivity index is 2.58. The SMILES string of the molecule is CCC(C)c1c2ccccc2c(C(C)CC)c2cc(S(=O)(=O)Cl)ccc12. The van der Waals surface area contributed by atoms with E-state index in [1.54, 1.807) is 12.1 Å². The number of rotatable bonds is 5. The molecule has 0 aliphatic rings. The first-order chi connectivity index (χ1) is 12.3. The van der Waals surface area contributed by atoms with Crippen LogP contribution >= 0.6 is 10.7 Å². The van der Waals surface area contributed by atoms with Gasteiger partial charge in [-0.1, -0.05) is 58.0 Å². The Labute approximate surface area is 160 Å². The predicted molar refractivity (Wildman–Crippen MR) is 112 cm³/mol. The van der Waals surface area contributed by atoms with Crippen molar-refractivity contribution < 1.29 is 8.42 Å². The van der Waals surface area contributed by atoms with Crippen molar-refractivity contribution in [1.82, 2.24) is 0 Å². The smallest absolute Gasteiger partial charge is 0.207 e. The van der Waals surface area contributed by atoms with Crippen LogP contribution in [-0.2, 0) is 9.05 Å². The van der Waals surface area contributed by atoms with Gasteiger partial charge >= 0.3 is 0 Å². The Morgan fingerprint density at radius 3 is 1.73 bits per heavy atom. The second-order valence-electron chi connectivity index (χ2n) is 7.14. The quantitative estimate of drug-likeness (QED) is 0.350. The minimum absolute atomic E-state index is 0.168. The van der Waals surface area contributed by atoms with Crippen molar-refractivity contribution in [3.05, 3.63) is 53.6 Å². The van der Waals surface area contributed by atoms with Gasteiger partial charge in [0, 0.05) is 10.7 Å². The molecule has 0 amide bonds. The lowest BCUT2D eigenvalue weighted by Crippen LogP contribution is -2.02. The Bertz CT molecular complexity index is 1070. The fourth-order valence-corrected chi connectivity index (χ4v) is 4.62. The number of hydrogen-bond acceptors (Lipinski definition) is 2. The zero-order chi connectivity index (χ0) is 19.1. The first kappa shape index (κ1) is 19.2. The number of fused-ring (bicyclic) bond motifs is 2. The van der Waals surface area contributed by atoms with E-state index in [2.05, 4.69) is 52.0 Å². The molecule has 3 aromatic carbocycles. The second kappa shape index (κ2) is 7.21. The van der Waals surface area contributed by atoms with Crippen LogP contribution in [0.15, 0.2) is 47.4 Å². The van der Waals surface area contributed by atoms with Crippen LogP contribution in [0.4, 0.5) is 0 Å². The minimum Gasteiger partial charge on any atom is -0.207 e. The lowest BCUT2D eigenvalue weighted by Gasteiger charge is -2.23. The van der Waals surface area contributed by atoms with E-state index in [1.807, 2.05) is 6.07 Å². The molecule has 0 N–H and O–H groups in total. The first-order valence-corrected chi connectivity index (χ1v) is 11.5. The molecule has 3 aromatic rings. The van der Waals surface area contributed by atoms with Crippen LogP contribution < -0.4 is 0 Å².